The molecule has 2 rings (SSSR count). The molecule has 0 bridgehead atoms. The molecule has 1 aromatic carbocycles. The maximum atomic E-state index is 8.70. The number of aliphatic hydroxyl groups is 1. The normalized spacial score (nSPS) is 9.95. The fraction of sp³-hybridized carbons (Fsp3) is 0.312. The fourth-order valence-corrected chi connectivity index (χ4v) is 1.84. The summed E-state index contributed by atoms with van der Waals surface area (Å²) < 4.78 is 7.57. The van der Waals surface area contributed by atoms with Gasteiger partial charge in [-0.3, -0.25) is 4.68 Å². The average Bonchev–Trinajstić information content (AvgIpc) is 2.76. The van der Waals surface area contributed by atoms with Crippen LogP contribution < -0.4 is 4.74 Å². The molecule has 1 heterocycles. The molecule has 20 heavy (non-hydrogen) atoms. The first-order valence-electron chi connectivity index (χ1n) is 6.51. The SMILES string of the molecule is Cc1cc(COc2cccc(C#CCCO)c2)n(C)n1. The van der Waals surface area contributed by atoms with E-state index in [9.17, 15) is 0 Å². The monoisotopic (exact) mass is 270 g/mol. The van der Waals surface area contributed by atoms with Crippen LogP contribution in [0.25, 0.3) is 0 Å². The van der Waals surface area contributed by atoms with E-state index in [4.69, 9.17) is 9.84 Å². The van der Waals surface area contributed by atoms with E-state index in [1.807, 2.05) is 49.0 Å². The third-order valence-electron chi connectivity index (χ3n) is 2.79. The minimum atomic E-state index is 0.0863. The van der Waals surface area contributed by atoms with Crippen LogP contribution >= 0.6 is 0 Å². The largest absolute Gasteiger partial charge is 0.487 e. The Morgan fingerprint density at radius 3 is 2.90 bits per heavy atom. The van der Waals surface area contributed by atoms with Crippen LogP contribution in [0.2, 0.25) is 0 Å². The molecule has 0 saturated heterocycles. The number of benzene rings is 1. The Bertz CT molecular complexity index is 635. The van der Waals surface area contributed by atoms with Crippen LogP contribution in [0.5, 0.6) is 5.75 Å². The predicted octanol–water partition coefficient (Wildman–Crippen LogP) is 2.04. The van der Waals surface area contributed by atoms with Crippen LogP contribution in [0.4, 0.5) is 0 Å². The quantitative estimate of drug-likeness (QED) is 0.865. The Balaban J connectivity index is 2.01. The molecule has 104 valence electrons. The lowest BCUT2D eigenvalue weighted by atomic mass is 10.2. The molecule has 0 amide bonds. The van der Waals surface area contributed by atoms with Gasteiger partial charge in [-0.05, 0) is 31.2 Å². The number of nitrogens with zero attached hydrogens (tertiary/aromatic N) is 2. The van der Waals surface area contributed by atoms with E-state index in [-0.39, 0.29) is 6.61 Å². The van der Waals surface area contributed by atoms with Gasteiger partial charge in [0.1, 0.15) is 12.4 Å². The molecule has 0 saturated carbocycles. The lowest BCUT2D eigenvalue weighted by Gasteiger charge is -2.06. The van der Waals surface area contributed by atoms with Gasteiger partial charge >= 0.3 is 0 Å². The summed E-state index contributed by atoms with van der Waals surface area (Å²) in [5.74, 6) is 6.66. The maximum absolute atomic E-state index is 8.70. The van der Waals surface area contributed by atoms with Crippen molar-refractivity contribution < 1.29 is 9.84 Å². The molecule has 1 N–H and O–H groups in total. The van der Waals surface area contributed by atoms with E-state index >= 15 is 0 Å². The van der Waals surface area contributed by atoms with Gasteiger partial charge in [0.25, 0.3) is 0 Å². The number of aryl methyl sites for hydroxylation is 2. The predicted molar refractivity (Wildman–Crippen MR) is 77.3 cm³/mol. The summed E-state index contributed by atoms with van der Waals surface area (Å²) in [4.78, 5) is 0. The molecule has 0 aliphatic rings. The average molecular weight is 270 g/mol. The summed E-state index contributed by atoms with van der Waals surface area (Å²) >= 11 is 0. The van der Waals surface area contributed by atoms with Gasteiger partial charge in [-0.15, -0.1) is 0 Å². The summed E-state index contributed by atoms with van der Waals surface area (Å²) in [6, 6.07) is 9.64. The first kappa shape index (κ1) is 14.2. The Hall–Kier alpha value is -2.25. The zero-order valence-corrected chi connectivity index (χ0v) is 11.8. The molecule has 4 heteroatoms. The van der Waals surface area contributed by atoms with Gasteiger partial charge in [-0.2, -0.15) is 5.10 Å². The Labute approximate surface area is 119 Å². The molecule has 0 spiro atoms. The van der Waals surface area contributed by atoms with Crippen LogP contribution in [0.3, 0.4) is 0 Å². The van der Waals surface area contributed by atoms with Crippen LogP contribution in [0.1, 0.15) is 23.4 Å². The second-order valence-corrected chi connectivity index (χ2v) is 4.49. The van der Waals surface area contributed by atoms with Gasteiger partial charge in [0, 0.05) is 19.0 Å². The number of hydrogen-bond donors (Lipinski definition) is 1. The minimum absolute atomic E-state index is 0.0863. The smallest absolute Gasteiger partial charge is 0.130 e. The van der Waals surface area contributed by atoms with Gasteiger partial charge in [0.2, 0.25) is 0 Å². The van der Waals surface area contributed by atoms with Crippen LogP contribution in [0, 0.1) is 18.8 Å². The molecule has 0 fully saturated rings. The summed E-state index contributed by atoms with van der Waals surface area (Å²) in [5, 5.41) is 13.0. The van der Waals surface area contributed by atoms with Crippen LogP contribution in [0.15, 0.2) is 30.3 Å². The second-order valence-electron chi connectivity index (χ2n) is 4.49. The summed E-state index contributed by atoms with van der Waals surface area (Å²) in [6.07, 6.45) is 0.485. The molecule has 0 radical (unpaired) electrons. The van der Waals surface area contributed by atoms with Crippen molar-refractivity contribution in [3.8, 4) is 17.6 Å². The second kappa shape index (κ2) is 6.78. The van der Waals surface area contributed by atoms with E-state index in [1.54, 1.807) is 0 Å². The topological polar surface area (TPSA) is 47.3 Å². The summed E-state index contributed by atoms with van der Waals surface area (Å²) in [5.41, 5.74) is 2.89. The van der Waals surface area contributed by atoms with Crippen molar-refractivity contribution in [3.63, 3.8) is 0 Å². The number of rotatable bonds is 4. The highest BCUT2D eigenvalue weighted by Crippen LogP contribution is 2.15. The zero-order chi connectivity index (χ0) is 14.4. The summed E-state index contributed by atoms with van der Waals surface area (Å²) in [6.45, 7) is 2.52. The maximum Gasteiger partial charge on any atom is 0.130 e. The van der Waals surface area contributed by atoms with Crippen molar-refractivity contribution in [1.82, 2.24) is 9.78 Å². The Morgan fingerprint density at radius 2 is 2.20 bits per heavy atom. The van der Waals surface area contributed by atoms with Gasteiger partial charge in [-0.1, -0.05) is 17.9 Å². The van der Waals surface area contributed by atoms with Crippen molar-refractivity contribution in [3.05, 3.63) is 47.3 Å². The minimum Gasteiger partial charge on any atom is -0.487 e. The van der Waals surface area contributed by atoms with E-state index < -0.39 is 0 Å². The molecular formula is C16H18N2O2. The number of aromatic nitrogens is 2. The Morgan fingerprint density at radius 1 is 1.35 bits per heavy atom. The molecule has 0 aliphatic carbocycles. The van der Waals surface area contributed by atoms with Gasteiger partial charge in [0.15, 0.2) is 0 Å². The summed E-state index contributed by atoms with van der Waals surface area (Å²) in [7, 11) is 1.91. The van der Waals surface area contributed by atoms with Gasteiger partial charge < -0.3 is 9.84 Å². The van der Waals surface area contributed by atoms with Crippen molar-refractivity contribution in [2.75, 3.05) is 6.61 Å². The fourth-order valence-electron chi connectivity index (χ4n) is 1.84. The third kappa shape index (κ3) is 3.87. The standard InChI is InChI=1S/C16H18N2O2/c1-13-10-15(18(2)17-13)12-20-16-8-5-7-14(11-16)6-3-4-9-19/h5,7-8,10-11,19H,4,9,12H2,1-2H3. The van der Waals surface area contributed by atoms with E-state index in [1.165, 1.54) is 0 Å². The molecule has 0 unspecified atom stereocenters. The van der Waals surface area contributed by atoms with E-state index in [0.29, 0.717) is 13.0 Å². The van der Waals surface area contributed by atoms with Crippen molar-refractivity contribution in [1.29, 1.82) is 0 Å². The molecule has 2 aromatic rings. The van der Waals surface area contributed by atoms with Gasteiger partial charge in [0.05, 0.1) is 18.0 Å². The number of ether oxygens (including phenoxy) is 1. The van der Waals surface area contributed by atoms with E-state index in [0.717, 1.165) is 22.7 Å². The van der Waals surface area contributed by atoms with E-state index in [2.05, 4.69) is 16.9 Å². The van der Waals surface area contributed by atoms with Crippen molar-refractivity contribution >= 4 is 0 Å². The van der Waals surface area contributed by atoms with Crippen molar-refractivity contribution in [2.24, 2.45) is 7.05 Å². The molecule has 1 aromatic heterocycles. The molecule has 0 aliphatic heterocycles. The Kier molecular flexibility index (Phi) is 4.80. The lowest BCUT2D eigenvalue weighted by Crippen LogP contribution is -2.03. The first-order valence-corrected chi connectivity index (χ1v) is 6.51. The van der Waals surface area contributed by atoms with Gasteiger partial charge in [-0.25, -0.2) is 0 Å². The van der Waals surface area contributed by atoms with Crippen molar-refractivity contribution in [2.45, 2.75) is 20.0 Å². The highest BCUT2D eigenvalue weighted by atomic mass is 16.5. The molecular weight excluding hydrogens is 252 g/mol. The highest BCUT2D eigenvalue weighted by Gasteiger charge is 2.03. The number of aliphatic hydroxyl groups excluding tert-OH is 1. The zero-order valence-electron chi connectivity index (χ0n) is 11.8. The third-order valence-corrected chi connectivity index (χ3v) is 2.79. The first-order chi connectivity index (χ1) is 9.69. The van der Waals surface area contributed by atoms with Crippen LogP contribution in [-0.2, 0) is 13.7 Å². The molecule has 4 nitrogen and oxygen atoms in total. The number of hydrogen-bond acceptors (Lipinski definition) is 3. The lowest BCUT2D eigenvalue weighted by molar-refractivity contribution is 0.295. The molecule has 0 atom stereocenters. The highest BCUT2D eigenvalue weighted by molar-refractivity contribution is 5.39. The van der Waals surface area contributed by atoms with Crippen LogP contribution in [-0.4, -0.2) is 21.5 Å².